The molecule has 8 nitrogen and oxygen atoms in total. The predicted octanol–water partition coefficient (Wildman–Crippen LogP) is 2.50. The number of hydrogen-bond donors (Lipinski definition) is 1. The van der Waals surface area contributed by atoms with Crippen molar-refractivity contribution in [3.63, 3.8) is 0 Å². The number of methoxy groups -OCH3 is 2. The summed E-state index contributed by atoms with van der Waals surface area (Å²) < 4.78 is 10.8. The van der Waals surface area contributed by atoms with Crippen LogP contribution in [0.1, 0.15) is 5.56 Å². The molecule has 0 aromatic heterocycles. The number of benzene rings is 2. The molecule has 8 heteroatoms. The van der Waals surface area contributed by atoms with Gasteiger partial charge >= 0.3 is 6.03 Å². The molecule has 1 fully saturated rings. The highest BCUT2D eigenvalue weighted by atomic mass is 16.5. The summed E-state index contributed by atoms with van der Waals surface area (Å²) in [5.74, 6) is 1.93. The van der Waals surface area contributed by atoms with Crippen molar-refractivity contribution in [2.75, 3.05) is 63.7 Å². The van der Waals surface area contributed by atoms with Crippen LogP contribution in [0.15, 0.2) is 47.5 Å². The molecular weight excluding hydrogens is 394 g/mol. The average molecular weight is 422 g/mol. The van der Waals surface area contributed by atoms with E-state index in [0.29, 0.717) is 29.6 Å². The fraction of sp³-hybridized carbons (Fsp3) is 0.391. The smallest absolute Gasteiger partial charge is 0.327 e. The largest absolute Gasteiger partial charge is 0.493 e. The third-order valence-electron chi connectivity index (χ3n) is 6.17. The number of aliphatic imine (C=N–C) groups is 1. The standard InChI is InChI=1S/C23H27N5O3/c1-30-20-12-18-19(13-21(20)31-2)25-23(29)28-15-16(24-22(18)28)14-26-8-10-27(11-9-26)17-6-4-3-5-7-17/h3-7,12-13,16H,8-11,14-15H2,1-2H3,(H,25,29). The number of carbonyl (C=O) groups excluding carboxylic acids is 1. The lowest BCUT2D eigenvalue weighted by Crippen LogP contribution is -2.49. The topological polar surface area (TPSA) is 69.6 Å². The Bertz CT molecular complexity index is 1000. The van der Waals surface area contributed by atoms with E-state index in [2.05, 4.69) is 39.4 Å². The first kappa shape index (κ1) is 19.7. The fourth-order valence-corrected chi connectivity index (χ4v) is 4.55. The van der Waals surface area contributed by atoms with Gasteiger partial charge in [-0.25, -0.2) is 4.79 Å². The molecule has 2 aromatic carbocycles. The number of ether oxygens (including phenoxy) is 2. The molecule has 0 aliphatic carbocycles. The van der Waals surface area contributed by atoms with Crippen molar-refractivity contribution in [3.05, 3.63) is 48.0 Å². The molecule has 0 spiro atoms. The Morgan fingerprint density at radius 1 is 1.03 bits per heavy atom. The summed E-state index contributed by atoms with van der Waals surface area (Å²) in [4.78, 5) is 24.2. The fourth-order valence-electron chi connectivity index (χ4n) is 4.55. The van der Waals surface area contributed by atoms with Gasteiger partial charge in [0, 0.05) is 50.0 Å². The maximum Gasteiger partial charge on any atom is 0.327 e. The van der Waals surface area contributed by atoms with Crippen molar-refractivity contribution in [1.29, 1.82) is 0 Å². The SMILES string of the molecule is COc1cc2c(cc1OC)C1=NC(CN3CCN(c4ccccc4)CC3)CN1C(=O)N2. The van der Waals surface area contributed by atoms with Gasteiger partial charge in [0.05, 0.1) is 32.5 Å². The molecule has 3 aliphatic heterocycles. The molecule has 1 saturated heterocycles. The van der Waals surface area contributed by atoms with Crippen LogP contribution in [0.4, 0.5) is 16.2 Å². The molecule has 162 valence electrons. The molecule has 31 heavy (non-hydrogen) atoms. The van der Waals surface area contributed by atoms with E-state index >= 15 is 0 Å². The first-order chi connectivity index (χ1) is 15.2. The third-order valence-corrected chi connectivity index (χ3v) is 6.17. The van der Waals surface area contributed by atoms with Gasteiger partial charge < -0.3 is 19.7 Å². The number of nitrogens with one attached hydrogen (secondary N) is 1. The van der Waals surface area contributed by atoms with Gasteiger partial charge in [-0.1, -0.05) is 18.2 Å². The van der Waals surface area contributed by atoms with Gasteiger partial charge in [-0.3, -0.25) is 14.8 Å². The summed E-state index contributed by atoms with van der Waals surface area (Å²) in [5.41, 5.74) is 2.85. The molecule has 5 rings (SSSR count). The maximum atomic E-state index is 12.7. The minimum absolute atomic E-state index is 0.0584. The summed E-state index contributed by atoms with van der Waals surface area (Å²) in [5, 5.41) is 2.96. The molecular formula is C23H27N5O3. The zero-order valence-electron chi connectivity index (χ0n) is 17.9. The molecule has 3 heterocycles. The highest BCUT2D eigenvalue weighted by Crippen LogP contribution is 2.37. The number of rotatable bonds is 5. The van der Waals surface area contributed by atoms with Crippen molar-refractivity contribution < 1.29 is 14.3 Å². The summed E-state index contributed by atoms with van der Waals surface area (Å²) >= 11 is 0. The van der Waals surface area contributed by atoms with E-state index in [1.165, 1.54) is 5.69 Å². The second kappa shape index (κ2) is 8.11. The van der Waals surface area contributed by atoms with Gasteiger partial charge in [-0.2, -0.15) is 0 Å². The van der Waals surface area contributed by atoms with Crippen molar-refractivity contribution in [2.45, 2.75) is 6.04 Å². The lowest BCUT2D eigenvalue weighted by atomic mass is 10.1. The summed E-state index contributed by atoms with van der Waals surface area (Å²) in [7, 11) is 3.19. The molecule has 1 unspecified atom stereocenters. The number of nitrogens with zero attached hydrogens (tertiary/aromatic N) is 4. The first-order valence-corrected chi connectivity index (χ1v) is 10.6. The molecule has 0 saturated carbocycles. The van der Waals surface area contributed by atoms with Gasteiger partial charge in [0.2, 0.25) is 0 Å². The minimum atomic E-state index is -0.144. The van der Waals surface area contributed by atoms with Gasteiger partial charge in [-0.15, -0.1) is 0 Å². The van der Waals surface area contributed by atoms with Crippen LogP contribution < -0.4 is 19.7 Å². The number of carbonyl (C=O) groups is 1. The van der Waals surface area contributed by atoms with Crippen LogP contribution in [0.5, 0.6) is 11.5 Å². The molecule has 1 N–H and O–H groups in total. The van der Waals surface area contributed by atoms with Crippen LogP contribution in [-0.2, 0) is 0 Å². The molecule has 2 aromatic rings. The number of amidine groups is 1. The number of fused-ring (bicyclic) bond motifs is 3. The molecule has 3 aliphatic rings. The highest BCUT2D eigenvalue weighted by molar-refractivity contribution is 6.19. The Balaban J connectivity index is 1.29. The summed E-state index contributed by atoms with van der Waals surface area (Å²) in [6.07, 6.45) is 0. The number of para-hydroxylation sites is 1. The minimum Gasteiger partial charge on any atom is -0.493 e. The Kier molecular flexibility index (Phi) is 5.15. The van der Waals surface area contributed by atoms with Crippen LogP contribution in [-0.4, -0.2) is 81.2 Å². The number of amides is 2. The van der Waals surface area contributed by atoms with E-state index in [9.17, 15) is 4.79 Å². The predicted molar refractivity (Wildman–Crippen MR) is 121 cm³/mol. The van der Waals surface area contributed by atoms with E-state index in [1.807, 2.05) is 12.1 Å². The number of hydrogen-bond acceptors (Lipinski definition) is 6. The number of piperazine rings is 1. The van der Waals surface area contributed by atoms with Crippen molar-refractivity contribution in [3.8, 4) is 11.5 Å². The zero-order chi connectivity index (χ0) is 21.4. The third kappa shape index (κ3) is 3.67. The van der Waals surface area contributed by atoms with Crippen LogP contribution in [0.25, 0.3) is 0 Å². The van der Waals surface area contributed by atoms with Crippen molar-refractivity contribution in [1.82, 2.24) is 9.80 Å². The quantitative estimate of drug-likeness (QED) is 0.803. The van der Waals surface area contributed by atoms with Gasteiger partial charge in [0.1, 0.15) is 5.84 Å². The van der Waals surface area contributed by atoms with Gasteiger partial charge in [-0.05, 0) is 18.2 Å². The average Bonchev–Trinajstić information content (AvgIpc) is 3.24. The Morgan fingerprint density at radius 2 is 1.74 bits per heavy atom. The van der Waals surface area contributed by atoms with Gasteiger partial charge in [0.25, 0.3) is 0 Å². The molecule has 0 bridgehead atoms. The van der Waals surface area contributed by atoms with Crippen LogP contribution in [0.2, 0.25) is 0 Å². The Labute approximate surface area is 182 Å². The van der Waals surface area contributed by atoms with Crippen LogP contribution in [0.3, 0.4) is 0 Å². The lowest BCUT2D eigenvalue weighted by molar-refractivity contribution is 0.223. The molecule has 2 amide bonds. The van der Waals surface area contributed by atoms with E-state index in [4.69, 9.17) is 14.5 Å². The van der Waals surface area contributed by atoms with Gasteiger partial charge in [0.15, 0.2) is 11.5 Å². The van der Waals surface area contributed by atoms with E-state index < -0.39 is 0 Å². The summed E-state index contributed by atoms with van der Waals surface area (Å²) in [6.45, 7) is 5.41. The summed E-state index contributed by atoms with van der Waals surface area (Å²) in [6, 6.07) is 14.1. The number of urea groups is 1. The second-order valence-electron chi connectivity index (χ2n) is 8.02. The highest BCUT2D eigenvalue weighted by Gasteiger charge is 2.37. The Morgan fingerprint density at radius 3 is 2.45 bits per heavy atom. The first-order valence-electron chi connectivity index (χ1n) is 10.6. The van der Waals surface area contributed by atoms with Crippen LogP contribution >= 0.6 is 0 Å². The number of anilines is 2. The molecule has 1 atom stereocenters. The second-order valence-corrected chi connectivity index (χ2v) is 8.02. The van der Waals surface area contributed by atoms with Crippen LogP contribution in [0, 0.1) is 0 Å². The zero-order valence-corrected chi connectivity index (χ0v) is 17.9. The van der Waals surface area contributed by atoms with Crippen molar-refractivity contribution >= 4 is 23.2 Å². The Hall–Kier alpha value is -3.26. The molecule has 0 radical (unpaired) electrons. The lowest BCUT2D eigenvalue weighted by Gasteiger charge is -2.36. The monoisotopic (exact) mass is 421 g/mol. The maximum absolute atomic E-state index is 12.7. The normalized spacial score (nSPS) is 20.6. The van der Waals surface area contributed by atoms with Crippen molar-refractivity contribution in [2.24, 2.45) is 4.99 Å². The van der Waals surface area contributed by atoms with E-state index in [-0.39, 0.29) is 12.1 Å². The van der Waals surface area contributed by atoms with E-state index in [1.54, 1.807) is 25.2 Å². The van der Waals surface area contributed by atoms with E-state index in [0.717, 1.165) is 38.3 Å².